The first kappa shape index (κ1) is 20.6. The molecule has 0 unspecified atom stereocenters. The number of benzene rings is 3. The minimum absolute atomic E-state index is 0.208. The van der Waals surface area contributed by atoms with Crippen LogP contribution in [0.15, 0.2) is 84.2 Å². The predicted molar refractivity (Wildman–Crippen MR) is 114 cm³/mol. The number of aromatic nitrogens is 1. The van der Waals surface area contributed by atoms with Crippen LogP contribution in [0.4, 0.5) is 18.9 Å². The van der Waals surface area contributed by atoms with Crippen LogP contribution in [0, 0.1) is 0 Å². The van der Waals surface area contributed by atoms with Crippen LogP contribution < -0.4 is 10.1 Å². The Balaban J connectivity index is 1.48. The fraction of sp³-hybridized carbons (Fsp3) is 0.0435. The number of carbonyl (C=O) groups excluding carboxylic acids is 1. The van der Waals surface area contributed by atoms with Crippen LogP contribution in [0.5, 0.6) is 5.75 Å². The highest BCUT2D eigenvalue weighted by molar-refractivity contribution is 7.13. The summed E-state index contributed by atoms with van der Waals surface area (Å²) in [7, 11) is 0. The standard InChI is InChI=1S/C23H15F3N2O2S/c24-23(25,26)30-19-11-9-15(10-12-19)21(29)27-18-8-4-7-17(13-18)20-14-31-22(28-20)16-5-2-1-3-6-16/h1-14H,(H,27,29). The largest absolute Gasteiger partial charge is 0.573 e. The lowest BCUT2D eigenvalue weighted by Gasteiger charge is -2.10. The Bertz CT molecular complexity index is 1190. The van der Waals surface area contributed by atoms with E-state index in [4.69, 9.17) is 0 Å². The molecule has 0 fully saturated rings. The van der Waals surface area contributed by atoms with Crippen molar-refractivity contribution in [2.45, 2.75) is 6.36 Å². The van der Waals surface area contributed by atoms with Gasteiger partial charge in [0, 0.05) is 27.8 Å². The molecule has 8 heteroatoms. The van der Waals surface area contributed by atoms with E-state index in [0.717, 1.165) is 34.0 Å². The predicted octanol–water partition coefficient (Wildman–Crippen LogP) is 6.63. The molecule has 1 amide bonds. The fourth-order valence-corrected chi connectivity index (χ4v) is 3.72. The first-order valence-corrected chi connectivity index (χ1v) is 10.0. The third-order valence-corrected chi connectivity index (χ3v) is 5.18. The lowest BCUT2D eigenvalue weighted by Crippen LogP contribution is -2.17. The van der Waals surface area contributed by atoms with Crippen LogP contribution in [0.2, 0.25) is 0 Å². The van der Waals surface area contributed by atoms with Gasteiger partial charge in [0.1, 0.15) is 10.8 Å². The van der Waals surface area contributed by atoms with Crippen LogP contribution in [0.3, 0.4) is 0 Å². The van der Waals surface area contributed by atoms with Crippen molar-refractivity contribution in [2.24, 2.45) is 0 Å². The molecule has 1 heterocycles. The molecule has 0 saturated carbocycles. The van der Waals surface area contributed by atoms with Crippen LogP contribution in [-0.2, 0) is 0 Å². The summed E-state index contributed by atoms with van der Waals surface area (Å²) in [5.74, 6) is -0.831. The Morgan fingerprint density at radius 3 is 2.32 bits per heavy atom. The third kappa shape index (κ3) is 5.29. The minimum atomic E-state index is -4.78. The molecule has 4 aromatic rings. The van der Waals surface area contributed by atoms with E-state index < -0.39 is 12.3 Å². The van der Waals surface area contributed by atoms with Crippen LogP contribution >= 0.6 is 11.3 Å². The normalized spacial score (nSPS) is 11.2. The summed E-state index contributed by atoms with van der Waals surface area (Å²) in [6, 6.07) is 21.8. The number of nitrogens with one attached hydrogen (secondary N) is 1. The van der Waals surface area contributed by atoms with E-state index in [0.29, 0.717) is 5.69 Å². The number of hydrogen-bond acceptors (Lipinski definition) is 4. The van der Waals surface area contributed by atoms with Gasteiger partial charge < -0.3 is 10.1 Å². The van der Waals surface area contributed by atoms with Crippen molar-refractivity contribution in [2.75, 3.05) is 5.32 Å². The molecule has 3 aromatic carbocycles. The second-order valence-corrected chi connectivity index (χ2v) is 7.37. The van der Waals surface area contributed by atoms with Crippen LogP contribution in [0.1, 0.15) is 10.4 Å². The molecule has 0 spiro atoms. The number of carbonyl (C=O) groups is 1. The number of halogens is 3. The molecule has 4 rings (SSSR count). The molecule has 0 bridgehead atoms. The smallest absolute Gasteiger partial charge is 0.406 e. The lowest BCUT2D eigenvalue weighted by molar-refractivity contribution is -0.274. The quantitative estimate of drug-likeness (QED) is 0.379. The second-order valence-electron chi connectivity index (χ2n) is 6.51. The minimum Gasteiger partial charge on any atom is -0.406 e. The van der Waals surface area contributed by atoms with Crippen molar-refractivity contribution in [1.29, 1.82) is 0 Å². The Hall–Kier alpha value is -3.65. The van der Waals surface area contributed by atoms with Gasteiger partial charge in [-0.3, -0.25) is 4.79 Å². The molecule has 0 aliphatic carbocycles. The average molecular weight is 440 g/mol. The molecule has 0 radical (unpaired) electrons. The zero-order chi connectivity index (χ0) is 21.8. The highest BCUT2D eigenvalue weighted by Crippen LogP contribution is 2.30. The highest BCUT2D eigenvalue weighted by atomic mass is 32.1. The number of rotatable bonds is 5. The van der Waals surface area contributed by atoms with Crippen LogP contribution in [-0.4, -0.2) is 17.3 Å². The van der Waals surface area contributed by atoms with Crippen molar-refractivity contribution in [1.82, 2.24) is 4.98 Å². The van der Waals surface area contributed by atoms with E-state index in [2.05, 4.69) is 15.0 Å². The summed E-state index contributed by atoms with van der Waals surface area (Å²) < 4.78 is 40.6. The van der Waals surface area contributed by atoms with Gasteiger partial charge in [-0.15, -0.1) is 24.5 Å². The van der Waals surface area contributed by atoms with Gasteiger partial charge in [0.25, 0.3) is 5.91 Å². The topological polar surface area (TPSA) is 51.2 Å². The summed E-state index contributed by atoms with van der Waals surface area (Å²) in [5.41, 5.74) is 3.41. The maximum absolute atomic E-state index is 12.5. The summed E-state index contributed by atoms with van der Waals surface area (Å²) in [5, 5.41) is 5.59. The van der Waals surface area contributed by atoms with Gasteiger partial charge in [0.15, 0.2) is 0 Å². The lowest BCUT2D eigenvalue weighted by atomic mass is 10.1. The number of thiazole rings is 1. The Morgan fingerprint density at radius 1 is 0.903 bits per heavy atom. The zero-order valence-electron chi connectivity index (χ0n) is 15.9. The molecule has 0 aliphatic heterocycles. The number of nitrogens with zero attached hydrogens (tertiary/aromatic N) is 1. The average Bonchev–Trinajstić information content (AvgIpc) is 3.24. The van der Waals surface area contributed by atoms with Crippen molar-refractivity contribution < 1.29 is 22.7 Å². The van der Waals surface area contributed by atoms with E-state index in [1.54, 1.807) is 18.2 Å². The van der Waals surface area contributed by atoms with Gasteiger partial charge in [-0.2, -0.15) is 0 Å². The third-order valence-electron chi connectivity index (χ3n) is 4.29. The molecule has 156 valence electrons. The summed E-state index contributed by atoms with van der Waals surface area (Å²) in [6.07, 6.45) is -4.78. The van der Waals surface area contributed by atoms with Gasteiger partial charge in [0.05, 0.1) is 5.69 Å². The monoisotopic (exact) mass is 440 g/mol. The second kappa shape index (κ2) is 8.61. The molecular formula is C23H15F3N2O2S. The molecule has 0 atom stereocenters. The first-order valence-electron chi connectivity index (χ1n) is 9.16. The van der Waals surface area contributed by atoms with E-state index in [-0.39, 0.29) is 11.3 Å². The van der Waals surface area contributed by atoms with Gasteiger partial charge in [-0.1, -0.05) is 42.5 Å². The van der Waals surface area contributed by atoms with Crippen molar-refractivity contribution >= 4 is 22.9 Å². The zero-order valence-corrected chi connectivity index (χ0v) is 16.7. The SMILES string of the molecule is O=C(Nc1cccc(-c2csc(-c3ccccc3)n2)c1)c1ccc(OC(F)(F)F)cc1. The van der Waals surface area contributed by atoms with E-state index in [9.17, 15) is 18.0 Å². The Kier molecular flexibility index (Phi) is 5.73. The first-order chi connectivity index (χ1) is 14.9. The number of alkyl halides is 3. The number of amides is 1. The maximum atomic E-state index is 12.5. The van der Waals surface area contributed by atoms with Crippen LogP contribution in [0.25, 0.3) is 21.8 Å². The van der Waals surface area contributed by atoms with Gasteiger partial charge in [0.2, 0.25) is 0 Å². The summed E-state index contributed by atoms with van der Waals surface area (Å²) in [4.78, 5) is 17.1. The van der Waals surface area contributed by atoms with E-state index in [1.165, 1.54) is 23.5 Å². The number of hydrogen-bond donors (Lipinski definition) is 1. The van der Waals surface area contributed by atoms with Crippen molar-refractivity contribution in [3.63, 3.8) is 0 Å². The molecule has 1 aromatic heterocycles. The molecule has 1 N–H and O–H groups in total. The maximum Gasteiger partial charge on any atom is 0.573 e. The van der Waals surface area contributed by atoms with Gasteiger partial charge in [-0.05, 0) is 36.4 Å². The molecule has 0 saturated heterocycles. The molecule has 4 nitrogen and oxygen atoms in total. The van der Waals surface area contributed by atoms with Crippen molar-refractivity contribution in [3.05, 3.63) is 89.8 Å². The molecule has 31 heavy (non-hydrogen) atoms. The fourth-order valence-electron chi connectivity index (χ4n) is 2.89. The highest BCUT2D eigenvalue weighted by Gasteiger charge is 2.31. The summed E-state index contributed by atoms with van der Waals surface area (Å²) >= 11 is 1.53. The summed E-state index contributed by atoms with van der Waals surface area (Å²) in [6.45, 7) is 0. The van der Waals surface area contributed by atoms with E-state index >= 15 is 0 Å². The Morgan fingerprint density at radius 2 is 1.61 bits per heavy atom. The number of ether oxygens (including phenoxy) is 1. The van der Waals surface area contributed by atoms with Crippen molar-refractivity contribution in [3.8, 4) is 27.6 Å². The molecule has 0 aliphatic rings. The molecular weight excluding hydrogens is 425 g/mol. The number of anilines is 1. The van der Waals surface area contributed by atoms with E-state index in [1.807, 2.05) is 41.8 Å². The van der Waals surface area contributed by atoms with Gasteiger partial charge >= 0.3 is 6.36 Å². The Labute approximate surface area is 180 Å². The van der Waals surface area contributed by atoms with Gasteiger partial charge in [-0.25, -0.2) is 4.98 Å².